The highest BCUT2D eigenvalue weighted by Gasteiger charge is 2.23. The van der Waals surface area contributed by atoms with Gasteiger partial charge in [-0.3, -0.25) is 9.52 Å². The topological polar surface area (TPSA) is 69.7 Å². The van der Waals surface area contributed by atoms with E-state index in [9.17, 15) is 13.2 Å². The lowest BCUT2D eigenvalue weighted by Crippen LogP contribution is -2.49. The summed E-state index contributed by atoms with van der Waals surface area (Å²) in [5.74, 6) is -0.0772. The summed E-state index contributed by atoms with van der Waals surface area (Å²) in [4.78, 5) is 16.9. The highest BCUT2D eigenvalue weighted by molar-refractivity contribution is 7.92. The minimum absolute atomic E-state index is 0.0772. The molecule has 0 radical (unpaired) electrons. The molecular weight excluding hydrogens is 350 g/mol. The molecule has 2 aromatic carbocycles. The first-order valence-corrected chi connectivity index (χ1v) is 10.4. The fourth-order valence-electron chi connectivity index (χ4n) is 3.18. The number of carbonyl (C=O) groups is 1. The van der Waals surface area contributed by atoms with Gasteiger partial charge in [0.05, 0.1) is 6.26 Å². The maximum atomic E-state index is 12.8. The van der Waals surface area contributed by atoms with E-state index in [-0.39, 0.29) is 5.91 Å². The lowest BCUT2D eigenvalue weighted by molar-refractivity contribution is 0.0747. The Balaban J connectivity index is 1.67. The Morgan fingerprint density at radius 3 is 2.35 bits per heavy atom. The van der Waals surface area contributed by atoms with Gasteiger partial charge in [0.15, 0.2) is 0 Å². The van der Waals surface area contributed by atoms with Crippen LogP contribution in [0.1, 0.15) is 15.9 Å². The Kier molecular flexibility index (Phi) is 5.18. The van der Waals surface area contributed by atoms with Crippen molar-refractivity contribution in [2.45, 2.75) is 6.92 Å². The lowest BCUT2D eigenvalue weighted by Gasteiger charge is -2.36. The first kappa shape index (κ1) is 18.3. The number of hydrogen-bond donors (Lipinski definition) is 1. The number of amides is 1. The first-order valence-electron chi connectivity index (χ1n) is 8.51. The molecule has 0 saturated carbocycles. The summed E-state index contributed by atoms with van der Waals surface area (Å²) in [5, 5.41) is 0. The van der Waals surface area contributed by atoms with Gasteiger partial charge in [-0.15, -0.1) is 0 Å². The number of hydrogen-bond acceptors (Lipinski definition) is 4. The Hall–Kier alpha value is -2.54. The van der Waals surface area contributed by atoms with E-state index in [1.165, 1.54) is 11.3 Å². The first-order chi connectivity index (χ1) is 12.3. The molecule has 3 rings (SSSR count). The largest absolute Gasteiger partial charge is 0.368 e. The summed E-state index contributed by atoms with van der Waals surface area (Å²) in [7, 11) is -3.37. The number of sulfonamides is 1. The van der Waals surface area contributed by atoms with Crippen molar-refractivity contribution < 1.29 is 13.2 Å². The fraction of sp³-hybridized carbons (Fsp3) is 0.316. The third-order valence-corrected chi connectivity index (χ3v) is 5.04. The van der Waals surface area contributed by atoms with E-state index in [0.29, 0.717) is 24.3 Å². The van der Waals surface area contributed by atoms with E-state index in [1.54, 1.807) is 24.3 Å². The average Bonchev–Trinajstić information content (AvgIpc) is 2.60. The molecule has 7 heteroatoms. The van der Waals surface area contributed by atoms with Crippen LogP contribution in [0, 0.1) is 6.92 Å². The SMILES string of the molecule is Cc1ccccc1N1CCN(C(=O)c2cccc(NS(C)(=O)=O)c2)CC1. The van der Waals surface area contributed by atoms with Gasteiger partial charge < -0.3 is 9.80 Å². The number of piperazine rings is 1. The van der Waals surface area contributed by atoms with Crippen LogP contribution in [0.5, 0.6) is 0 Å². The molecule has 0 aromatic heterocycles. The normalized spacial score (nSPS) is 15.0. The molecule has 0 spiro atoms. The minimum atomic E-state index is -3.37. The van der Waals surface area contributed by atoms with Crippen LogP contribution in [0.4, 0.5) is 11.4 Å². The molecule has 1 saturated heterocycles. The lowest BCUT2D eigenvalue weighted by atomic mass is 10.1. The van der Waals surface area contributed by atoms with Gasteiger partial charge in [-0.1, -0.05) is 24.3 Å². The van der Waals surface area contributed by atoms with Crippen LogP contribution in [-0.2, 0) is 10.0 Å². The number of carbonyl (C=O) groups excluding carboxylic acids is 1. The van der Waals surface area contributed by atoms with Gasteiger partial charge in [-0.25, -0.2) is 8.42 Å². The predicted octanol–water partition coefficient (Wildman–Crippen LogP) is 2.33. The van der Waals surface area contributed by atoms with Gasteiger partial charge >= 0.3 is 0 Å². The molecule has 1 amide bonds. The van der Waals surface area contributed by atoms with E-state index < -0.39 is 10.0 Å². The number of aryl methyl sites for hydroxylation is 1. The van der Waals surface area contributed by atoms with Crippen LogP contribution in [0.2, 0.25) is 0 Å². The molecule has 0 aliphatic carbocycles. The van der Waals surface area contributed by atoms with E-state index in [1.807, 2.05) is 17.0 Å². The van der Waals surface area contributed by atoms with Gasteiger partial charge in [0.2, 0.25) is 10.0 Å². The summed E-state index contributed by atoms with van der Waals surface area (Å²) in [6.45, 7) is 4.91. The van der Waals surface area contributed by atoms with E-state index in [0.717, 1.165) is 19.3 Å². The molecule has 0 bridgehead atoms. The molecule has 0 unspecified atom stereocenters. The summed E-state index contributed by atoms with van der Waals surface area (Å²) in [6, 6.07) is 14.9. The Labute approximate surface area is 154 Å². The minimum Gasteiger partial charge on any atom is -0.368 e. The Morgan fingerprint density at radius 1 is 1.00 bits per heavy atom. The molecule has 138 valence electrons. The zero-order chi connectivity index (χ0) is 18.7. The van der Waals surface area contributed by atoms with E-state index in [4.69, 9.17) is 0 Å². The van der Waals surface area contributed by atoms with Gasteiger partial charge in [-0.2, -0.15) is 0 Å². The molecule has 1 heterocycles. The maximum absolute atomic E-state index is 12.8. The molecule has 1 aliphatic rings. The highest BCUT2D eigenvalue weighted by Crippen LogP contribution is 2.22. The molecule has 1 N–H and O–H groups in total. The average molecular weight is 373 g/mol. The summed E-state index contributed by atoms with van der Waals surface area (Å²) >= 11 is 0. The van der Waals surface area contributed by atoms with Crippen LogP contribution < -0.4 is 9.62 Å². The molecule has 1 aliphatic heterocycles. The molecule has 0 atom stereocenters. The molecular formula is C19H23N3O3S. The third kappa shape index (κ3) is 4.35. The maximum Gasteiger partial charge on any atom is 0.254 e. The van der Waals surface area contributed by atoms with Crippen LogP contribution >= 0.6 is 0 Å². The second-order valence-corrected chi connectivity index (χ2v) is 8.27. The standard InChI is InChI=1S/C19H23N3O3S/c1-15-6-3-4-9-18(15)21-10-12-22(13-11-21)19(23)16-7-5-8-17(14-16)20-26(2,24)25/h3-9,14,20H,10-13H2,1-2H3. The smallest absolute Gasteiger partial charge is 0.254 e. The van der Waals surface area contributed by atoms with Crippen molar-refractivity contribution in [3.05, 3.63) is 59.7 Å². The van der Waals surface area contributed by atoms with Gasteiger partial charge in [0.1, 0.15) is 0 Å². The van der Waals surface area contributed by atoms with E-state index in [2.05, 4.69) is 28.7 Å². The van der Waals surface area contributed by atoms with Crippen LogP contribution in [-0.4, -0.2) is 51.7 Å². The molecule has 6 nitrogen and oxygen atoms in total. The van der Waals surface area contributed by atoms with Crippen molar-refractivity contribution in [1.82, 2.24) is 4.90 Å². The van der Waals surface area contributed by atoms with Crippen LogP contribution in [0.15, 0.2) is 48.5 Å². The number of rotatable bonds is 4. The summed E-state index contributed by atoms with van der Waals surface area (Å²) < 4.78 is 25.1. The van der Waals surface area contributed by atoms with Gasteiger partial charge in [-0.05, 0) is 36.8 Å². The summed E-state index contributed by atoms with van der Waals surface area (Å²) in [5.41, 5.74) is 3.32. The number of nitrogens with zero attached hydrogens (tertiary/aromatic N) is 2. The second-order valence-electron chi connectivity index (χ2n) is 6.52. The molecule has 26 heavy (non-hydrogen) atoms. The number of benzene rings is 2. The third-order valence-electron chi connectivity index (χ3n) is 4.44. The number of anilines is 2. The van der Waals surface area contributed by atoms with E-state index >= 15 is 0 Å². The van der Waals surface area contributed by atoms with Crippen LogP contribution in [0.25, 0.3) is 0 Å². The molecule has 1 fully saturated rings. The monoisotopic (exact) mass is 373 g/mol. The van der Waals surface area contributed by atoms with Crippen molar-refractivity contribution in [3.63, 3.8) is 0 Å². The number of nitrogens with one attached hydrogen (secondary N) is 1. The highest BCUT2D eigenvalue weighted by atomic mass is 32.2. The fourth-order valence-corrected chi connectivity index (χ4v) is 3.74. The van der Waals surface area contributed by atoms with Crippen molar-refractivity contribution in [3.8, 4) is 0 Å². The van der Waals surface area contributed by atoms with Gasteiger partial charge in [0.25, 0.3) is 5.91 Å². The zero-order valence-electron chi connectivity index (χ0n) is 15.0. The second kappa shape index (κ2) is 7.37. The van der Waals surface area contributed by atoms with Crippen molar-refractivity contribution in [1.29, 1.82) is 0 Å². The Morgan fingerprint density at radius 2 is 1.69 bits per heavy atom. The zero-order valence-corrected chi connectivity index (χ0v) is 15.8. The Bertz CT molecular complexity index is 904. The summed E-state index contributed by atoms with van der Waals surface area (Å²) in [6.07, 6.45) is 1.09. The van der Waals surface area contributed by atoms with Crippen molar-refractivity contribution >= 4 is 27.3 Å². The quantitative estimate of drug-likeness (QED) is 0.893. The van der Waals surface area contributed by atoms with Crippen LogP contribution in [0.3, 0.4) is 0 Å². The van der Waals surface area contributed by atoms with Crippen molar-refractivity contribution in [2.75, 3.05) is 42.1 Å². The predicted molar refractivity (Wildman–Crippen MR) is 104 cm³/mol. The van der Waals surface area contributed by atoms with Crippen molar-refractivity contribution in [2.24, 2.45) is 0 Å². The van der Waals surface area contributed by atoms with Gasteiger partial charge in [0, 0.05) is 43.1 Å². The number of para-hydroxylation sites is 1. The molecule has 2 aromatic rings.